The first-order valence-electron chi connectivity index (χ1n) is 6.32. The molecule has 2 N–H and O–H groups in total. The monoisotopic (exact) mass is 327 g/mol. The van der Waals surface area contributed by atoms with Gasteiger partial charge in [-0.15, -0.1) is 0 Å². The van der Waals surface area contributed by atoms with E-state index in [4.69, 9.17) is 0 Å². The van der Waals surface area contributed by atoms with Crippen molar-refractivity contribution in [2.75, 3.05) is 37.4 Å². The summed E-state index contributed by atoms with van der Waals surface area (Å²) in [7, 11) is 3.49. The highest BCUT2D eigenvalue weighted by Gasteiger charge is 2.25. The molecule has 19 heavy (non-hydrogen) atoms. The number of rotatable bonds is 3. The maximum atomic E-state index is 11.6. The number of amides is 1. The molecule has 1 aromatic rings. The van der Waals surface area contributed by atoms with Crippen LogP contribution in [0.3, 0.4) is 0 Å². The van der Waals surface area contributed by atoms with Gasteiger partial charge in [0, 0.05) is 39.3 Å². The summed E-state index contributed by atoms with van der Waals surface area (Å²) in [5, 5.41) is 5.65. The highest BCUT2D eigenvalue weighted by Crippen LogP contribution is 2.28. The van der Waals surface area contributed by atoms with E-state index in [2.05, 4.69) is 41.4 Å². The molecule has 1 amide bonds. The zero-order valence-electron chi connectivity index (χ0n) is 11.1. The molecule has 0 unspecified atom stereocenters. The van der Waals surface area contributed by atoms with Crippen LogP contribution in [0, 0.1) is 5.92 Å². The minimum absolute atomic E-state index is 0.116. The van der Waals surface area contributed by atoms with Crippen molar-refractivity contribution in [1.29, 1.82) is 0 Å². The molecule has 0 bridgehead atoms. The van der Waals surface area contributed by atoms with Gasteiger partial charge in [0.25, 0.3) is 0 Å². The summed E-state index contributed by atoms with van der Waals surface area (Å²) in [5.41, 5.74) is 0. The third-order valence-electron chi connectivity index (χ3n) is 3.36. The standard InChI is InChI=1S/C12H18BrN5O/c1-14-11(19)8-3-5-18(6-4-8)10-9(13)7-16-12(15-2)17-10/h7-8H,3-6H2,1-2H3,(H,14,19)(H,15,16,17). The highest BCUT2D eigenvalue weighted by molar-refractivity contribution is 9.10. The lowest BCUT2D eigenvalue weighted by molar-refractivity contribution is -0.125. The lowest BCUT2D eigenvalue weighted by atomic mass is 9.96. The number of halogens is 1. The Morgan fingerprint density at radius 2 is 2.11 bits per heavy atom. The van der Waals surface area contributed by atoms with Gasteiger partial charge in [-0.05, 0) is 28.8 Å². The SMILES string of the molecule is CNC(=O)C1CCN(c2nc(NC)ncc2Br)CC1. The first-order chi connectivity index (χ1) is 9.15. The molecular formula is C12H18BrN5O. The Hall–Kier alpha value is -1.37. The lowest BCUT2D eigenvalue weighted by Gasteiger charge is -2.32. The van der Waals surface area contributed by atoms with Crippen LogP contribution >= 0.6 is 15.9 Å². The first kappa shape index (κ1) is 14.0. The number of hydrogen-bond donors (Lipinski definition) is 2. The van der Waals surface area contributed by atoms with Crippen molar-refractivity contribution in [1.82, 2.24) is 15.3 Å². The van der Waals surface area contributed by atoms with Crippen molar-refractivity contribution in [3.05, 3.63) is 10.7 Å². The fourth-order valence-corrected chi connectivity index (χ4v) is 2.70. The topological polar surface area (TPSA) is 70.2 Å². The number of piperidine rings is 1. The minimum atomic E-state index is 0.116. The summed E-state index contributed by atoms with van der Waals surface area (Å²) in [4.78, 5) is 22.4. The average Bonchev–Trinajstić information content (AvgIpc) is 2.47. The molecule has 0 aromatic carbocycles. The van der Waals surface area contributed by atoms with Crippen LogP contribution < -0.4 is 15.5 Å². The summed E-state index contributed by atoms with van der Waals surface area (Å²) in [6.45, 7) is 1.66. The number of anilines is 2. The summed E-state index contributed by atoms with van der Waals surface area (Å²) in [6, 6.07) is 0. The highest BCUT2D eigenvalue weighted by atomic mass is 79.9. The fourth-order valence-electron chi connectivity index (χ4n) is 2.26. The Kier molecular flexibility index (Phi) is 4.57. The number of aromatic nitrogens is 2. The van der Waals surface area contributed by atoms with E-state index in [9.17, 15) is 4.79 Å². The van der Waals surface area contributed by atoms with Crippen LogP contribution in [0.1, 0.15) is 12.8 Å². The van der Waals surface area contributed by atoms with Gasteiger partial charge in [-0.2, -0.15) is 4.98 Å². The molecular weight excluding hydrogens is 310 g/mol. The number of carbonyl (C=O) groups is 1. The summed E-state index contributed by atoms with van der Waals surface area (Å²) in [6.07, 6.45) is 3.45. The Labute approximate surface area is 121 Å². The summed E-state index contributed by atoms with van der Waals surface area (Å²) < 4.78 is 0.880. The fraction of sp³-hybridized carbons (Fsp3) is 0.583. The smallest absolute Gasteiger partial charge is 0.224 e. The van der Waals surface area contributed by atoms with Gasteiger partial charge >= 0.3 is 0 Å². The minimum Gasteiger partial charge on any atom is -0.359 e. The second-order valence-electron chi connectivity index (χ2n) is 4.49. The Morgan fingerprint density at radius 3 is 2.68 bits per heavy atom. The molecule has 6 nitrogen and oxygen atoms in total. The molecule has 104 valence electrons. The molecule has 0 aliphatic carbocycles. The third-order valence-corrected chi connectivity index (χ3v) is 3.92. The Balaban J connectivity index is 2.07. The largest absolute Gasteiger partial charge is 0.359 e. The van der Waals surface area contributed by atoms with E-state index in [1.54, 1.807) is 20.3 Å². The van der Waals surface area contributed by atoms with Crippen molar-refractivity contribution < 1.29 is 4.79 Å². The number of carbonyl (C=O) groups excluding carboxylic acids is 1. The molecule has 0 radical (unpaired) electrons. The Bertz CT molecular complexity index is 459. The summed E-state index contributed by atoms with van der Waals surface area (Å²) in [5.74, 6) is 1.74. The molecule has 1 fully saturated rings. The van der Waals surface area contributed by atoms with E-state index in [0.29, 0.717) is 5.95 Å². The number of nitrogens with zero attached hydrogens (tertiary/aromatic N) is 3. The predicted molar refractivity (Wildman–Crippen MR) is 78.3 cm³/mol. The molecule has 1 aliphatic rings. The van der Waals surface area contributed by atoms with Gasteiger partial charge in [-0.3, -0.25) is 4.79 Å². The lowest BCUT2D eigenvalue weighted by Crippen LogP contribution is -2.40. The van der Waals surface area contributed by atoms with Gasteiger partial charge in [0.15, 0.2) is 0 Å². The molecule has 2 heterocycles. The van der Waals surface area contributed by atoms with E-state index in [0.717, 1.165) is 36.2 Å². The molecule has 7 heteroatoms. The van der Waals surface area contributed by atoms with Crippen LogP contribution in [0.5, 0.6) is 0 Å². The average molecular weight is 328 g/mol. The van der Waals surface area contributed by atoms with E-state index in [1.165, 1.54) is 0 Å². The molecule has 1 aliphatic heterocycles. The van der Waals surface area contributed by atoms with Gasteiger partial charge in [0.1, 0.15) is 5.82 Å². The van der Waals surface area contributed by atoms with Gasteiger partial charge in [0.05, 0.1) is 4.47 Å². The molecule has 0 saturated carbocycles. The number of hydrogen-bond acceptors (Lipinski definition) is 5. The van der Waals surface area contributed by atoms with E-state index in [-0.39, 0.29) is 11.8 Å². The predicted octanol–water partition coefficient (Wildman–Crippen LogP) is 1.24. The van der Waals surface area contributed by atoms with Crippen molar-refractivity contribution in [3.8, 4) is 0 Å². The zero-order valence-corrected chi connectivity index (χ0v) is 12.7. The van der Waals surface area contributed by atoms with Crippen LogP contribution in [-0.4, -0.2) is 43.1 Å². The van der Waals surface area contributed by atoms with E-state index >= 15 is 0 Å². The first-order valence-corrected chi connectivity index (χ1v) is 7.12. The van der Waals surface area contributed by atoms with E-state index in [1.807, 2.05) is 0 Å². The van der Waals surface area contributed by atoms with Crippen molar-refractivity contribution in [2.45, 2.75) is 12.8 Å². The summed E-state index contributed by atoms with van der Waals surface area (Å²) >= 11 is 3.48. The molecule has 0 atom stereocenters. The van der Waals surface area contributed by atoms with Crippen molar-refractivity contribution >= 4 is 33.6 Å². The Morgan fingerprint density at radius 1 is 1.42 bits per heavy atom. The molecule has 0 spiro atoms. The van der Waals surface area contributed by atoms with Gasteiger partial charge < -0.3 is 15.5 Å². The maximum Gasteiger partial charge on any atom is 0.224 e. The van der Waals surface area contributed by atoms with Crippen LogP contribution in [0.4, 0.5) is 11.8 Å². The van der Waals surface area contributed by atoms with Crippen molar-refractivity contribution in [3.63, 3.8) is 0 Å². The quantitative estimate of drug-likeness (QED) is 0.874. The van der Waals surface area contributed by atoms with Crippen LogP contribution in [0.15, 0.2) is 10.7 Å². The van der Waals surface area contributed by atoms with Crippen LogP contribution in [0.2, 0.25) is 0 Å². The van der Waals surface area contributed by atoms with Gasteiger partial charge in [0.2, 0.25) is 11.9 Å². The zero-order chi connectivity index (χ0) is 13.8. The van der Waals surface area contributed by atoms with Gasteiger partial charge in [-0.25, -0.2) is 4.98 Å². The van der Waals surface area contributed by atoms with E-state index < -0.39 is 0 Å². The second-order valence-corrected chi connectivity index (χ2v) is 5.35. The van der Waals surface area contributed by atoms with Crippen LogP contribution in [-0.2, 0) is 4.79 Å². The maximum absolute atomic E-state index is 11.6. The second kappa shape index (κ2) is 6.18. The van der Waals surface area contributed by atoms with Crippen molar-refractivity contribution in [2.24, 2.45) is 5.92 Å². The third kappa shape index (κ3) is 3.15. The van der Waals surface area contributed by atoms with Crippen LogP contribution in [0.25, 0.3) is 0 Å². The molecule has 1 saturated heterocycles. The number of nitrogens with one attached hydrogen (secondary N) is 2. The molecule has 2 rings (SSSR count). The normalized spacial score (nSPS) is 16.3. The molecule has 1 aromatic heterocycles. The van der Waals surface area contributed by atoms with Gasteiger partial charge in [-0.1, -0.05) is 0 Å².